The van der Waals surface area contributed by atoms with Crippen molar-refractivity contribution in [1.82, 2.24) is 9.78 Å². The summed E-state index contributed by atoms with van der Waals surface area (Å²) in [6, 6.07) is 17.4. The van der Waals surface area contributed by atoms with Gasteiger partial charge in [0.1, 0.15) is 0 Å². The van der Waals surface area contributed by atoms with Crippen molar-refractivity contribution in [2.45, 2.75) is 6.54 Å². The van der Waals surface area contributed by atoms with Crippen molar-refractivity contribution in [2.24, 2.45) is 0 Å². The molecule has 2 aromatic carbocycles. The van der Waals surface area contributed by atoms with E-state index in [0.717, 1.165) is 11.1 Å². The molecule has 0 fully saturated rings. The Morgan fingerprint density at radius 1 is 1.00 bits per heavy atom. The Kier molecular flexibility index (Phi) is 3.46. The summed E-state index contributed by atoms with van der Waals surface area (Å²) in [5, 5.41) is 9.06. The Labute approximate surface area is 116 Å². The molecule has 0 unspecified atom stereocenters. The highest BCUT2D eigenvalue weighted by molar-refractivity contribution is 5.80. The Morgan fingerprint density at radius 2 is 1.75 bits per heavy atom. The molecule has 0 atom stereocenters. The van der Waals surface area contributed by atoms with Gasteiger partial charge in [0, 0.05) is 17.6 Å². The second-order valence-electron chi connectivity index (χ2n) is 4.55. The quantitative estimate of drug-likeness (QED) is 0.788. The lowest BCUT2D eigenvalue weighted by Crippen LogP contribution is -2.26. The van der Waals surface area contributed by atoms with E-state index < -0.39 is 0 Å². The largest absolute Gasteiger partial charge is 0.383 e. The van der Waals surface area contributed by atoms with E-state index in [0.29, 0.717) is 18.5 Å². The lowest BCUT2D eigenvalue weighted by molar-refractivity contribution is 0.604. The number of hydrogen-bond acceptors (Lipinski definition) is 3. The first kappa shape index (κ1) is 12.4. The summed E-state index contributed by atoms with van der Waals surface area (Å²) >= 11 is 0. The maximum absolute atomic E-state index is 12.2. The average Bonchev–Trinajstić information content (AvgIpc) is 2.51. The van der Waals surface area contributed by atoms with E-state index in [9.17, 15) is 4.79 Å². The van der Waals surface area contributed by atoms with Crippen LogP contribution in [0.3, 0.4) is 0 Å². The second kappa shape index (κ2) is 5.57. The molecule has 0 aliphatic rings. The zero-order valence-electron chi connectivity index (χ0n) is 11.0. The lowest BCUT2D eigenvalue weighted by atomic mass is 10.2. The standard InChI is InChI=1S/C16H15N3O/c20-16-15-9-5-4-6-13(15)12-18-19(16)11-10-17-14-7-2-1-3-8-14/h1-9,12,17H,10-11H2. The minimum Gasteiger partial charge on any atom is -0.383 e. The second-order valence-corrected chi connectivity index (χ2v) is 4.55. The molecule has 0 radical (unpaired) electrons. The van der Waals surface area contributed by atoms with Gasteiger partial charge in [-0.3, -0.25) is 4.79 Å². The number of aromatic nitrogens is 2. The van der Waals surface area contributed by atoms with Gasteiger partial charge in [-0.15, -0.1) is 0 Å². The first-order chi connectivity index (χ1) is 9.84. The normalized spacial score (nSPS) is 10.6. The van der Waals surface area contributed by atoms with Crippen LogP contribution < -0.4 is 10.9 Å². The molecule has 0 spiro atoms. The predicted molar refractivity (Wildman–Crippen MR) is 80.9 cm³/mol. The smallest absolute Gasteiger partial charge is 0.274 e. The van der Waals surface area contributed by atoms with Gasteiger partial charge in [0.15, 0.2) is 0 Å². The monoisotopic (exact) mass is 265 g/mol. The van der Waals surface area contributed by atoms with Crippen LogP contribution in [-0.2, 0) is 6.54 Å². The zero-order valence-corrected chi connectivity index (χ0v) is 11.0. The van der Waals surface area contributed by atoms with Gasteiger partial charge in [-0.05, 0) is 18.2 Å². The molecule has 0 saturated heterocycles. The average molecular weight is 265 g/mol. The summed E-state index contributed by atoms with van der Waals surface area (Å²) < 4.78 is 1.50. The summed E-state index contributed by atoms with van der Waals surface area (Å²) in [6.07, 6.45) is 1.74. The topological polar surface area (TPSA) is 46.9 Å². The van der Waals surface area contributed by atoms with Gasteiger partial charge < -0.3 is 5.32 Å². The van der Waals surface area contributed by atoms with Crippen LogP contribution in [0.2, 0.25) is 0 Å². The third-order valence-corrected chi connectivity index (χ3v) is 3.19. The number of fused-ring (bicyclic) bond motifs is 1. The van der Waals surface area contributed by atoms with E-state index in [1.54, 1.807) is 6.20 Å². The van der Waals surface area contributed by atoms with Gasteiger partial charge in [-0.25, -0.2) is 4.68 Å². The molecule has 0 saturated carbocycles. The molecule has 3 rings (SSSR count). The highest BCUT2D eigenvalue weighted by Crippen LogP contribution is 2.07. The van der Waals surface area contributed by atoms with Gasteiger partial charge in [0.05, 0.1) is 18.1 Å². The van der Waals surface area contributed by atoms with E-state index in [1.165, 1.54) is 4.68 Å². The molecule has 4 nitrogen and oxygen atoms in total. The minimum absolute atomic E-state index is 0.0436. The van der Waals surface area contributed by atoms with Crippen molar-refractivity contribution in [3.8, 4) is 0 Å². The number of anilines is 1. The fraction of sp³-hybridized carbons (Fsp3) is 0.125. The highest BCUT2D eigenvalue weighted by Gasteiger charge is 2.02. The van der Waals surface area contributed by atoms with E-state index in [-0.39, 0.29) is 5.56 Å². The summed E-state index contributed by atoms with van der Waals surface area (Å²) in [7, 11) is 0. The first-order valence-electron chi connectivity index (χ1n) is 6.58. The molecule has 4 heteroatoms. The summed E-state index contributed by atoms with van der Waals surface area (Å²) in [5.41, 5.74) is 0.999. The minimum atomic E-state index is -0.0436. The van der Waals surface area contributed by atoms with Crippen LogP contribution in [0.15, 0.2) is 65.6 Å². The van der Waals surface area contributed by atoms with Crippen molar-refractivity contribution in [3.63, 3.8) is 0 Å². The molecular formula is C16H15N3O. The van der Waals surface area contributed by atoms with Crippen LogP contribution in [0.25, 0.3) is 10.8 Å². The maximum atomic E-state index is 12.2. The molecule has 0 aliphatic carbocycles. The van der Waals surface area contributed by atoms with Crippen molar-refractivity contribution in [1.29, 1.82) is 0 Å². The zero-order chi connectivity index (χ0) is 13.8. The summed E-state index contributed by atoms with van der Waals surface area (Å²) in [4.78, 5) is 12.2. The van der Waals surface area contributed by atoms with Gasteiger partial charge in [-0.1, -0.05) is 36.4 Å². The van der Waals surface area contributed by atoms with Gasteiger partial charge in [-0.2, -0.15) is 5.10 Å². The summed E-state index contributed by atoms with van der Waals surface area (Å²) in [5.74, 6) is 0. The van der Waals surface area contributed by atoms with Crippen LogP contribution in [0.1, 0.15) is 0 Å². The van der Waals surface area contributed by atoms with Crippen molar-refractivity contribution in [2.75, 3.05) is 11.9 Å². The molecule has 1 N–H and O–H groups in total. The molecular weight excluding hydrogens is 250 g/mol. The molecule has 3 aromatic rings. The molecule has 1 heterocycles. The number of nitrogens with zero attached hydrogens (tertiary/aromatic N) is 2. The van der Waals surface area contributed by atoms with E-state index >= 15 is 0 Å². The summed E-state index contributed by atoms with van der Waals surface area (Å²) in [6.45, 7) is 1.20. The lowest BCUT2D eigenvalue weighted by Gasteiger charge is -2.08. The first-order valence-corrected chi connectivity index (χ1v) is 6.58. The number of benzene rings is 2. The molecule has 0 bridgehead atoms. The fourth-order valence-electron chi connectivity index (χ4n) is 2.15. The third kappa shape index (κ3) is 2.54. The van der Waals surface area contributed by atoms with E-state index in [2.05, 4.69) is 10.4 Å². The van der Waals surface area contributed by atoms with Crippen molar-refractivity contribution in [3.05, 3.63) is 71.1 Å². The van der Waals surface area contributed by atoms with Crippen LogP contribution in [0.4, 0.5) is 5.69 Å². The molecule has 1 aromatic heterocycles. The van der Waals surface area contributed by atoms with Crippen molar-refractivity contribution < 1.29 is 0 Å². The van der Waals surface area contributed by atoms with Crippen LogP contribution >= 0.6 is 0 Å². The van der Waals surface area contributed by atoms with Gasteiger partial charge >= 0.3 is 0 Å². The number of hydrogen-bond donors (Lipinski definition) is 1. The van der Waals surface area contributed by atoms with E-state index in [4.69, 9.17) is 0 Å². The third-order valence-electron chi connectivity index (χ3n) is 3.19. The van der Waals surface area contributed by atoms with Crippen LogP contribution in [0, 0.1) is 0 Å². The Hall–Kier alpha value is -2.62. The maximum Gasteiger partial charge on any atom is 0.274 e. The van der Waals surface area contributed by atoms with Crippen LogP contribution in [-0.4, -0.2) is 16.3 Å². The van der Waals surface area contributed by atoms with Gasteiger partial charge in [0.25, 0.3) is 5.56 Å². The molecule has 20 heavy (non-hydrogen) atoms. The highest BCUT2D eigenvalue weighted by atomic mass is 16.1. The fourth-order valence-corrected chi connectivity index (χ4v) is 2.15. The molecule has 100 valence electrons. The predicted octanol–water partition coefficient (Wildman–Crippen LogP) is 2.51. The number of para-hydroxylation sites is 1. The number of rotatable bonds is 4. The van der Waals surface area contributed by atoms with Crippen LogP contribution in [0.5, 0.6) is 0 Å². The van der Waals surface area contributed by atoms with Gasteiger partial charge in [0.2, 0.25) is 0 Å². The Morgan fingerprint density at radius 3 is 2.60 bits per heavy atom. The Balaban J connectivity index is 1.75. The SMILES string of the molecule is O=c1c2ccccc2cnn1CCNc1ccccc1. The Bertz CT molecular complexity index is 765. The van der Waals surface area contributed by atoms with Crippen molar-refractivity contribution >= 4 is 16.5 Å². The molecule has 0 aliphatic heterocycles. The number of nitrogens with one attached hydrogen (secondary N) is 1. The van der Waals surface area contributed by atoms with E-state index in [1.807, 2.05) is 54.6 Å². The molecule has 0 amide bonds.